The van der Waals surface area contributed by atoms with Crippen molar-refractivity contribution in [3.8, 4) is 11.4 Å². The smallest absolute Gasteiger partial charge is 0.227 e. The maximum Gasteiger partial charge on any atom is 0.227 e. The molecular formula is C14H18ClN3O. The van der Waals surface area contributed by atoms with E-state index in [2.05, 4.69) is 29.3 Å². The summed E-state index contributed by atoms with van der Waals surface area (Å²) in [4.78, 5) is 4.37. The summed E-state index contributed by atoms with van der Waals surface area (Å²) >= 11 is 5.94. The molecule has 0 aliphatic rings. The molecule has 1 aromatic carbocycles. The molecule has 0 aliphatic heterocycles. The first-order valence-corrected chi connectivity index (χ1v) is 6.85. The van der Waals surface area contributed by atoms with E-state index >= 15 is 0 Å². The molecule has 0 amide bonds. The number of benzene rings is 1. The Balaban J connectivity index is 1.92. The van der Waals surface area contributed by atoms with Crippen molar-refractivity contribution in [3.05, 3.63) is 35.2 Å². The van der Waals surface area contributed by atoms with Crippen LogP contribution in [0.1, 0.15) is 26.2 Å². The van der Waals surface area contributed by atoms with Crippen LogP contribution in [0.25, 0.3) is 11.4 Å². The Morgan fingerprint density at radius 1 is 1.37 bits per heavy atom. The van der Waals surface area contributed by atoms with Gasteiger partial charge in [0.05, 0.1) is 0 Å². The maximum absolute atomic E-state index is 5.94. The van der Waals surface area contributed by atoms with Crippen LogP contribution >= 0.6 is 11.6 Å². The van der Waals surface area contributed by atoms with Crippen molar-refractivity contribution in [1.82, 2.24) is 15.5 Å². The van der Waals surface area contributed by atoms with E-state index in [4.69, 9.17) is 16.1 Å². The Bertz CT molecular complexity index is 525. The van der Waals surface area contributed by atoms with Crippen LogP contribution in [0.4, 0.5) is 0 Å². The van der Waals surface area contributed by atoms with Crippen molar-refractivity contribution in [2.24, 2.45) is 0 Å². The molecule has 0 aliphatic carbocycles. The second kappa shape index (κ2) is 6.68. The fourth-order valence-electron chi connectivity index (χ4n) is 1.73. The summed E-state index contributed by atoms with van der Waals surface area (Å²) in [7, 11) is 0. The van der Waals surface area contributed by atoms with E-state index in [1.165, 1.54) is 0 Å². The zero-order valence-corrected chi connectivity index (χ0v) is 11.9. The van der Waals surface area contributed by atoms with Gasteiger partial charge in [0.25, 0.3) is 0 Å². The largest absolute Gasteiger partial charge is 0.339 e. The number of rotatable bonds is 6. The molecular weight excluding hydrogens is 262 g/mol. The van der Waals surface area contributed by atoms with Gasteiger partial charge in [0.2, 0.25) is 11.7 Å². The topological polar surface area (TPSA) is 51.0 Å². The van der Waals surface area contributed by atoms with E-state index < -0.39 is 0 Å². The first kappa shape index (κ1) is 14.0. The van der Waals surface area contributed by atoms with E-state index in [1.807, 2.05) is 24.3 Å². The van der Waals surface area contributed by atoms with Crippen LogP contribution in [0.3, 0.4) is 0 Å². The minimum Gasteiger partial charge on any atom is -0.339 e. The molecule has 0 saturated heterocycles. The lowest BCUT2D eigenvalue weighted by Crippen LogP contribution is -2.23. The molecule has 2 rings (SSSR count). The summed E-state index contributed by atoms with van der Waals surface area (Å²) in [6.07, 6.45) is 1.77. The normalized spacial score (nSPS) is 11.2. The second-order valence-electron chi connectivity index (χ2n) is 4.73. The lowest BCUT2D eigenvalue weighted by Gasteiger charge is -2.05. The molecule has 0 fully saturated rings. The highest BCUT2D eigenvalue weighted by Gasteiger charge is 2.08. The Morgan fingerprint density at radius 2 is 2.21 bits per heavy atom. The molecule has 4 nitrogen and oxygen atoms in total. The van der Waals surface area contributed by atoms with E-state index in [-0.39, 0.29) is 0 Å². The van der Waals surface area contributed by atoms with Crippen molar-refractivity contribution in [1.29, 1.82) is 0 Å². The van der Waals surface area contributed by atoms with Crippen LogP contribution in [0.2, 0.25) is 5.02 Å². The molecule has 0 bridgehead atoms. The fraction of sp³-hybridized carbons (Fsp3) is 0.429. The van der Waals surface area contributed by atoms with Gasteiger partial charge in [-0.05, 0) is 25.1 Å². The Morgan fingerprint density at radius 3 is 2.95 bits per heavy atom. The molecule has 2 aromatic rings. The summed E-state index contributed by atoms with van der Waals surface area (Å²) in [6, 6.07) is 7.95. The molecule has 0 atom stereocenters. The van der Waals surface area contributed by atoms with Crippen molar-refractivity contribution >= 4 is 11.6 Å². The van der Waals surface area contributed by atoms with Gasteiger partial charge in [-0.3, -0.25) is 0 Å². The first-order chi connectivity index (χ1) is 9.15. The molecule has 0 unspecified atom stereocenters. The van der Waals surface area contributed by atoms with Crippen LogP contribution in [0, 0.1) is 0 Å². The first-order valence-electron chi connectivity index (χ1n) is 6.47. The minimum atomic E-state index is 0.504. The summed E-state index contributed by atoms with van der Waals surface area (Å²) in [5, 5.41) is 8.00. The predicted molar refractivity (Wildman–Crippen MR) is 76.2 cm³/mol. The number of aromatic nitrogens is 2. The van der Waals surface area contributed by atoms with Crippen molar-refractivity contribution in [2.75, 3.05) is 6.54 Å². The zero-order valence-electron chi connectivity index (χ0n) is 11.2. The standard InChI is InChI=1S/C14H18ClN3O/c1-10(2)16-8-4-7-13-17-14(18-19-13)11-5-3-6-12(15)9-11/h3,5-6,9-10,16H,4,7-8H2,1-2H3. The van der Waals surface area contributed by atoms with Gasteiger partial charge in [-0.1, -0.05) is 42.7 Å². The monoisotopic (exact) mass is 279 g/mol. The van der Waals surface area contributed by atoms with Gasteiger partial charge in [-0.2, -0.15) is 4.98 Å². The molecule has 19 heavy (non-hydrogen) atoms. The second-order valence-corrected chi connectivity index (χ2v) is 5.17. The molecule has 5 heteroatoms. The van der Waals surface area contributed by atoms with Gasteiger partial charge in [0, 0.05) is 23.0 Å². The van der Waals surface area contributed by atoms with Crippen molar-refractivity contribution in [2.45, 2.75) is 32.7 Å². The van der Waals surface area contributed by atoms with Crippen LogP contribution in [-0.2, 0) is 6.42 Å². The Kier molecular flexibility index (Phi) is 4.93. The lowest BCUT2D eigenvalue weighted by atomic mass is 10.2. The lowest BCUT2D eigenvalue weighted by molar-refractivity contribution is 0.374. The van der Waals surface area contributed by atoms with Crippen LogP contribution in [0.5, 0.6) is 0 Å². The van der Waals surface area contributed by atoms with E-state index in [0.717, 1.165) is 24.9 Å². The molecule has 0 saturated carbocycles. The van der Waals surface area contributed by atoms with Crippen molar-refractivity contribution < 1.29 is 4.52 Å². The Hall–Kier alpha value is -1.39. The average Bonchev–Trinajstić information content (AvgIpc) is 2.83. The highest BCUT2D eigenvalue weighted by Crippen LogP contribution is 2.20. The van der Waals surface area contributed by atoms with E-state index in [1.54, 1.807) is 0 Å². The van der Waals surface area contributed by atoms with Crippen LogP contribution < -0.4 is 5.32 Å². The number of aryl methyl sites for hydroxylation is 1. The third-order valence-electron chi connectivity index (χ3n) is 2.67. The molecule has 1 heterocycles. The average molecular weight is 280 g/mol. The maximum atomic E-state index is 5.94. The third kappa shape index (κ3) is 4.33. The Labute approximate surface area is 118 Å². The number of hydrogen-bond acceptors (Lipinski definition) is 4. The zero-order chi connectivity index (χ0) is 13.7. The van der Waals surface area contributed by atoms with Gasteiger partial charge in [-0.15, -0.1) is 0 Å². The summed E-state index contributed by atoms with van der Waals surface area (Å²) in [6.45, 7) is 5.21. The number of halogens is 1. The quantitative estimate of drug-likeness (QED) is 0.824. The third-order valence-corrected chi connectivity index (χ3v) is 2.91. The van der Waals surface area contributed by atoms with Gasteiger partial charge in [0.1, 0.15) is 0 Å². The summed E-state index contributed by atoms with van der Waals surface area (Å²) < 4.78 is 5.23. The molecule has 0 radical (unpaired) electrons. The SMILES string of the molecule is CC(C)NCCCc1nc(-c2cccc(Cl)c2)no1. The molecule has 1 aromatic heterocycles. The molecule has 1 N–H and O–H groups in total. The number of nitrogens with one attached hydrogen (secondary N) is 1. The summed E-state index contributed by atoms with van der Waals surface area (Å²) in [5.41, 5.74) is 0.878. The van der Waals surface area contributed by atoms with E-state index in [0.29, 0.717) is 22.8 Å². The van der Waals surface area contributed by atoms with Gasteiger partial charge in [-0.25, -0.2) is 0 Å². The van der Waals surface area contributed by atoms with Gasteiger partial charge >= 0.3 is 0 Å². The highest BCUT2D eigenvalue weighted by atomic mass is 35.5. The number of nitrogens with zero attached hydrogens (tertiary/aromatic N) is 2. The van der Waals surface area contributed by atoms with Gasteiger partial charge in [0.15, 0.2) is 0 Å². The number of hydrogen-bond donors (Lipinski definition) is 1. The summed E-state index contributed by atoms with van der Waals surface area (Å²) in [5.74, 6) is 1.26. The highest BCUT2D eigenvalue weighted by molar-refractivity contribution is 6.30. The predicted octanol–water partition coefficient (Wildman–Crippen LogP) is 3.32. The van der Waals surface area contributed by atoms with Crippen molar-refractivity contribution in [3.63, 3.8) is 0 Å². The fourth-order valence-corrected chi connectivity index (χ4v) is 1.92. The van der Waals surface area contributed by atoms with Gasteiger partial charge < -0.3 is 9.84 Å². The van der Waals surface area contributed by atoms with E-state index in [9.17, 15) is 0 Å². The molecule has 0 spiro atoms. The van der Waals surface area contributed by atoms with Crippen LogP contribution in [0.15, 0.2) is 28.8 Å². The molecule has 102 valence electrons. The minimum absolute atomic E-state index is 0.504. The van der Waals surface area contributed by atoms with Crippen LogP contribution in [-0.4, -0.2) is 22.7 Å².